The van der Waals surface area contributed by atoms with Crippen LogP contribution in [0, 0.1) is 10.8 Å². The van der Waals surface area contributed by atoms with E-state index in [0.29, 0.717) is 16.4 Å². The third kappa shape index (κ3) is 2.40. The van der Waals surface area contributed by atoms with Crippen LogP contribution in [-0.2, 0) is 4.79 Å². The highest BCUT2D eigenvalue weighted by Crippen LogP contribution is 2.48. The normalized spacial score (nSPS) is 25.5. The van der Waals surface area contributed by atoms with Gasteiger partial charge in [0, 0.05) is 13.1 Å². The smallest absolute Gasteiger partial charge is 0.235 e. The molecule has 1 amide bonds. The van der Waals surface area contributed by atoms with Crippen molar-refractivity contribution in [2.75, 3.05) is 7.05 Å². The van der Waals surface area contributed by atoms with Gasteiger partial charge in [0.15, 0.2) is 0 Å². The minimum atomic E-state index is -0.489. The number of rotatable bonds is 3. The Morgan fingerprint density at radius 2 is 1.72 bits per heavy atom. The van der Waals surface area contributed by atoms with E-state index in [0.717, 1.165) is 25.7 Å². The SMILES string of the molecule is CN(C(=O)C1(C(N)=S)CC1)C1CCC(C)(C)CC1. The second-order valence-electron chi connectivity index (χ2n) is 6.76. The molecule has 0 aliphatic heterocycles. The van der Waals surface area contributed by atoms with Gasteiger partial charge in [-0.05, 0) is 43.9 Å². The molecule has 3 nitrogen and oxygen atoms in total. The number of hydrogen-bond acceptors (Lipinski definition) is 2. The van der Waals surface area contributed by atoms with Crippen molar-refractivity contribution in [3.63, 3.8) is 0 Å². The van der Waals surface area contributed by atoms with Crippen molar-refractivity contribution in [2.24, 2.45) is 16.6 Å². The van der Waals surface area contributed by atoms with Gasteiger partial charge in [0.05, 0.1) is 10.4 Å². The second-order valence-corrected chi connectivity index (χ2v) is 7.20. The fraction of sp³-hybridized carbons (Fsp3) is 0.857. The number of carbonyl (C=O) groups is 1. The van der Waals surface area contributed by atoms with E-state index in [-0.39, 0.29) is 5.91 Å². The van der Waals surface area contributed by atoms with Crippen molar-refractivity contribution in [3.8, 4) is 0 Å². The molecule has 2 aliphatic carbocycles. The Morgan fingerprint density at radius 3 is 2.11 bits per heavy atom. The van der Waals surface area contributed by atoms with Crippen LogP contribution in [0.1, 0.15) is 52.4 Å². The number of nitrogens with two attached hydrogens (primary N) is 1. The van der Waals surface area contributed by atoms with Crippen LogP contribution in [0.4, 0.5) is 0 Å². The van der Waals surface area contributed by atoms with Gasteiger partial charge in [0.1, 0.15) is 0 Å². The molecular formula is C14H24N2OS. The van der Waals surface area contributed by atoms with Crippen LogP contribution >= 0.6 is 12.2 Å². The van der Waals surface area contributed by atoms with Gasteiger partial charge >= 0.3 is 0 Å². The molecule has 0 heterocycles. The lowest BCUT2D eigenvalue weighted by Gasteiger charge is -2.39. The zero-order valence-corrected chi connectivity index (χ0v) is 12.5. The number of thiocarbonyl (C=S) groups is 1. The molecule has 0 radical (unpaired) electrons. The molecule has 2 aliphatic rings. The molecule has 2 fully saturated rings. The first kappa shape index (κ1) is 13.8. The van der Waals surface area contributed by atoms with Gasteiger partial charge in [-0.1, -0.05) is 26.1 Å². The molecule has 0 aromatic carbocycles. The Labute approximate surface area is 115 Å². The lowest BCUT2D eigenvalue weighted by molar-refractivity contribution is -0.136. The molecular weight excluding hydrogens is 244 g/mol. The Kier molecular flexibility index (Phi) is 3.43. The van der Waals surface area contributed by atoms with Gasteiger partial charge < -0.3 is 10.6 Å². The summed E-state index contributed by atoms with van der Waals surface area (Å²) in [6.07, 6.45) is 6.25. The molecule has 0 aromatic rings. The highest BCUT2D eigenvalue weighted by molar-refractivity contribution is 7.80. The minimum Gasteiger partial charge on any atom is -0.392 e. The van der Waals surface area contributed by atoms with Crippen molar-refractivity contribution in [3.05, 3.63) is 0 Å². The molecule has 0 atom stereocenters. The lowest BCUT2D eigenvalue weighted by atomic mass is 9.75. The molecule has 0 spiro atoms. The Balaban J connectivity index is 1.98. The highest BCUT2D eigenvalue weighted by atomic mass is 32.1. The van der Waals surface area contributed by atoms with Gasteiger partial charge in [-0.2, -0.15) is 0 Å². The van der Waals surface area contributed by atoms with E-state index in [1.807, 2.05) is 11.9 Å². The molecule has 2 N–H and O–H groups in total. The van der Waals surface area contributed by atoms with E-state index in [2.05, 4.69) is 13.8 Å². The Bertz CT molecular complexity index is 364. The van der Waals surface area contributed by atoms with Crippen LogP contribution in [0.2, 0.25) is 0 Å². The minimum absolute atomic E-state index is 0.153. The maximum absolute atomic E-state index is 12.5. The molecule has 0 unspecified atom stereocenters. The van der Waals surface area contributed by atoms with Crippen LogP contribution in [0.25, 0.3) is 0 Å². The largest absolute Gasteiger partial charge is 0.392 e. The fourth-order valence-corrected chi connectivity index (χ4v) is 3.26. The molecule has 18 heavy (non-hydrogen) atoms. The highest BCUT2D eigenvalue weighted by Gasteiger charge is 2.54. The van der Waals surface area contributed by atoms with Crippen molar-refractivity contribution in [1.82, 2.24) is 4.90 Å². The Morgan fingerprint density at radius 1 is 1.22 bits per heavy atom. The number of hydrogen-bond donors (Lipinski definition) is 1. The molecule has 2 saturated carbocycles. The average Bonchev–Trinajstić information content (AvgIpc) is 3.08. The molecule has 102 valence electrons. The van der Waals surface area contributed by atoms with Crippen LogP contribution in [0.15, 0.2) is 0 Å². The average molecular weight is 268 g/mol. The monoisotopic (exact) mass is 268 g/mol. The van der Waals surface area contributed by atoms with Crippen molar-refractivity contribution < 1.29 is 4.79 Å². The summed E-state index contributed by atoms with van der Waals surface area (Å²) in [7, 11) is 1.92. The van der Waals surface area contributed by atoms with E-state index in [4.69, 9.17) is 18.0 Å². The molecule has 4 heteroatoms. The van der Waals surface area contributed by atoms with Gasteiger partial charge in [-0.15, -0.1) is 0 Å². The second kappa shape index (κ2) is 4.48. The summed E-state index contributed by atoms with van der Waals surface area (Å²) in [5, 5.41) is 0. The number of carbonyl (C=O) groups excluding carboxylic acids is 1. The van der Waals surface area contributed by atoms with Gasteiger partial charge in [-0.25, -0.2) is 0 Å². The zero-order valence-electron chi connectivity index (χ0n) is 11.7. The van der Waals surface area contributed by atoms with E-state index < -0.39 is 5.41 Å². The summed E-state index contributed by atoms with van der Waals surface area (Å²) in [5.41, 5.74) is 5.67. The first-order chi connectivity index (χ1) is 8.28. The first-order valence-corrected chi connectivity index (χ1v) is 7.26. The lowest BCUT2D eigenvalue weighted by Crippen LogP contribution is -2.47. The third-order valence-electron chi connectivity index (χ3n) is 4.81. The van der Waals surface area contributed by atoms with E-state index in [1.54, 1.807) is 0 Å². The van der Waals surface area contributed by atoms with Crippen LogP contribution in [0.5, 0.6) is 0 Å². The summed E-state index contributed by atoms with van der Waals surface area (Å²) in [5.74, 6) is 0.153. The zero-order chi connectivity index (χ0) is 13.6. The molecule has 0 bridgehead atoms. The van der Waals surface area contributed by atoms with Crippen molar-refractivity contribution in [1.29, 1.82) is 0 Å². The van der Waals surface area contributed by atoms with Gasteiger partial charge in [0.2, 0.25) is 5.91 Å². The number of nitrogens with zero attached hydrogens (tertiary/aromatic N) is 1. The number of amides is 1. The van der Waals surface area contributed by atoms with Gasteiger partial charge in [0.25, 0.3) is 0 Å². The quantitative estimate of drug-likeness (QED) is 0.800. The molecule has 2 rings (SSSR count). The molecule has 0 aromatic heterocycles. The van der Waals surface area contributed by atoms with Crippen LogP contribution in [-0.4, -0.2) is 28.9 Å². The van der Waals surface area contributed by atoms with Crippen molar-refractivity contribution in [2.45, 2.75) is 58.4 Å². The summed E-state index contributed by atoms with van der Waals surface area (Å²) >= 11 is 5.06. The first-order valence-electron chi connectivity index (χ1n) is 6.86. The fourth-order valence-electron chi connectivity index (χ4n) is 2.97. The summed E-state index contributed by atoms with van der Waals surface area (Å²) in [4.78, 5) is 14.8. The summed E-state index contributed by atoms with van der Waals surface area (Å²) in [6, 6.07) is 0.373. The standard InChI is InChI=1S/C14H24N2OS/c1-13(2)6-4-10(5-7-13)16(3)12(17)14(8-9-14)11(15)18/h10H,4-9H2,1-3H3,(H2,15,18). The van der Waals surface area contributed by atoms with Crippen LogP contribution < -0.4 is 5.73 Å². The summed E-state index contributed by atoms with van der Waals surface area (Å²) in [6.45, 7) is 4.62. The van der Waals surface area contributed by atoms with E-state index in [1.165, 1.54) is 12.8 Å². The van der Waals surface area contributed by atoms with Crippen LogP contribution in [0.3, 0.4) is 0 Å². The summed E-state index contributed by atoms with van der Waals surface area (Å²) < 4.78 is 0. The maximum atomic E-state index is 12.5. The maximum Gasteiger partial charge on any atom is 0.235 e. The van der Waals surface area contributed by atoms with E-state index in [9.17, 15) is 4.79 Å². The Hall–Kier alpha value is -0.640. The van der Waals surface area contributed by atoms with E-state index >= 15 is 0 Å². The molecule has 0 saturated heterocycles. The predicted octanol–water partition coefficient (Wildman–Crippen LogP) is 2.48. The predicted molar refractivity (Wildman–Crippen MR) is 77.3 cm³/mol. The van der Waals surface area contributed by atoms with Gasteiger partial charge in [-0.3, -0.25) is 4.79 Å². The topological polar surface area (TPSA) is 46.3 Å². The third-order valence-corrected chi connectivity index (χ3v) is 5.20. The van der Waals surface area contributed by atoms with Crippen molar-refractivity contribution >= 4 is 23.1 Å².